The molecule has 0 aromatic rings. The predicted molar refractivity (Wildman–Crippen MR) is 326 cm³/mol. The lowest BCUT2D eigenvalue weighted by Crippen LogP contribution is -2.30. The van der Waals surface area contributed by atoms with Crippen LogP contribution in [0.25, 0.3) is 0 Å². The van der Waals surface area contributed by atoms with Gasteiger partial charge in [0.1, 0.15) is 13.2 Å². The van der Waals surface area contributed by atoms with Crippen LogP contribution < -0.4 is 0 Å². The van der Waals surface area contributed by atoms with Crippen LogP contribution >= 0.6 is 0 Å². The van der Waals surface area contributed by atoms with E-state index in [1.807, 2.05) is 0 Å². The molecule has 0 amide bonds. The Morgan fingerprint density at radius 2 is 0.440 bits per heavy atom. The van der Waals surface area contributed by atoms with Crippen molar-refractivity contribution in [2.75, 3.05) is 13.2 Å². The molecule has 0 spiro atoms. The number of carbonyl (C=O) groups excluding carboxylic acids is 3. The highest BCUT2D eigenvalue weighted by Crippen LogP contribution is 2.18. The van der Waals surface area contributed by atoms with Crippen LogP contribution in [0.3, 0.4) is 0 Å². The zero-order valence-corrected chi connectivity index (χ0v) is 50.8. The Morgan fingerprint density at radius 3 is 0.667 bits per heavy atom. The molecule has 6 heteroatoms. The van der Waals surface area contributed by atoms with Gasteiger partial charge in [-0.1, -0.05) is 315 Å². The molecule has 0 aliphatic heterocycles. The fourth-order valence-electron chi connectivity index (χ4n) is 10.3. The van der Waals surface area contributed by atoms with Gasteiger partial charge in [0.25, 0.3) is 0 Å². The van der Waals surface area contributed by atoms with E-state index in [4.69, 9.17) is 14.2 Å². The first-order valence-electron chi connectivity index (χ1n) is 33.8. The highest BCUT2D eigenvalue weighted by Gasteiger charge is 2.19. The summed E-state index contributed by atoms with van der Waals surface area (Å²) in [4.78, 5) is 38.4. The van der Waals surface area contributed by atoms with Crippen LogP contribution in [0.15, 0.2) is 24.3 Å². The highest BCUT2D eigenvalue weighted by atomic mass is 16.6. The topological polar surface area (TPSA) is 78.9 Å². The number of rotatable bonds is 63. The first kappa shape index (κ1) is 72.9. The van der Waals surface area contributed by atoms with Crippen molar-refractivity contribution in [3.63, 3.8) is 0 Å². The molecule has 0 saturated carbocycles. The van der Waals surface area contributed by atoms with Crippen molar-refractivity contribution < 1.29 is 28.6 Å². The van der Waals surface area contributed by atoms with E-state index in [0.717, 1.165) is 57.8 Å². The number of hydrogen-bond acceptors (Lipinski definition) is 6. The van der Waals surface area contributed by atoms with Crippen molar-refractivity contribution in [1.82, 2.24) is 0 Å². The van der Waals surface area contributed by atoms with Gasteiger partial charge >= 0.3 is 17.9 Å². The van der Waals surface area contributed by atoms with E-state index in [0.29, 0.717) is 19.3 Å². The van der Waals surface area contributed by atoms with Crippen LogP contribution in [-0.2, 0) is 28.6 Å². The summed E-state index contributed by atoms with van der Waals surface area (Å²) >= 11 is 0. The summed E-state index contributed by atoms with van der Waals surface area (Å²) in [6, 6.07) is 0. The van der Waals surface area contributed by atoms with E-state index in [-0.39, 0.29) is 31.1 Å². The maximum Gasteiger partial charge on any atom is 0.306 e. The van der Waals surface area contributed by atoms with Crippen LogP contribution in [0.5, 0.6) is 0 Å². The van der Waals surface area contributed by atoms with E-state index in [1.54, 1.807) is 0 Å². The lowest BCUT2D eigenvalue weighted by atomic mass is 10.0. The average Bonchev–Trinajstić information content (AvgIpc) is 3.41. The molecule has 1 unspecified atom stereocenters. The standard InChI is InChI=1S/C69H130O6/c1-4-7-10-13-16-19-22-25-28-30-32-33-34-35-37-38-41-44-47-50-53-56-59-62-68(71)74-65-66(64-73-67(70)61-58-55-52-49-46-43-40-27-24-21-18-15-12-9-6-3)75-69(72)63-60-57-54-51-48-45-42-39-36-31-29-26-23-20-17-14-11-8-5-2/h26,29-30,32,66H,4-25,27-28,31,33-65H2,1-3H3/b29-26-,32-30-. The molecular weight excluding hydrogens is 925 g/mol. The molecule has 0 rings (SSSR count). The van der Waals surface area contributed by atoms with E-state index < -0.39 is 6.10 Å². The molecule has 0 aliphatic rings. The molecule has 0 aliphatic carbocycles. The van der Waals surface area contributed by atoms with Gasteiger partial charge in [0.15, 0.2) is 6.10 Å². The lowest BCUT2D eigenvalue weighted by Gasteiger charge is -2.18. The Balaban J connectivity index is 4.28. The summed E-state index contributed by atoms with van der Waals surface area (Å²) in [5, 5.41) is 0. The molecule has 0 fully saturated rings. The third-order valence-corrected chi connectivity index (χ3v) is 15.4. The molecule has 1 atom stereocenters. The summed E-state index contributed by atoms with van der Waals surface area (Å²) in [7, 11) is 0. The van der Waals surface area contributed by atoms with Gasteiger partial charge in [-0.05, 0) is 70.6 Å². The van der Waals surface area contributed by atoms with Gasteiger partial charge in [0.2, 0.25) is 0 Å². The molecule has 0 heterocycles. The molecule has 0 radical (unpaired) electrons. The number of carbonyl (C=O) groups is 3. The second-order valence-corrected chi connectivity index (χ2v) is 23.1. The smallest absolute Gasteiger partial charge is 0.306 e. The molecule has 0 saturated heterocycles. The SMILES string of the molecule is CCCCCCCC/C=C\CCCCCCCCCCCC(=O)OC(COC(=O)CCCCCCCCCCCCC/C=C\CCCCCCCCCC)COC(=O)CCCCCCCCCCCCCCCCC. The molecular formula is C69H130O6. The molecule has 6 nitrogen and oxygen atoms in total. The normalized spacial score (nSPS) is 12.1. The zero-order valence-electron chi connectivity index (χ0n) is 50.8. The van der Waals surface area contributed by atoms with Gasteiger partial charge < -0.3 is 14.2 Å². The summed E-state index contributed by atoms with van der Waals surface area (Å²) < 4.78 is 17.0. The number of ether oxygens (including phenoxy) is 3. The third kappa shape index (κ3) is 62.6. The largest absolute Gasteiger partial charge is 0.462 e. The minimum atomic E-state index is -0.770. The van der Waals surface area contributed by atoms with Crippen LogP contribution in [-0.4, -0.2) is 37.2 Å². The number of esters is 3. The van der Waals surface area contributed by atoms with Gasteiger partial charge in [-0.2, -0.15) is 0 Å². The highest BCUT2D eigenvalue weighted by molar-refractivity contribution is 5.71. The van der Waals surface area contributed by atoms with E-state index in [1.165, 1.54) is 283 Å². The number of allylic oxidation sites excluding steroid dienone is 4. The predicted octanol–water partition coefficient (Wildman–Crippen LogP) is 23.0. The van der Waals surface area contributed by atoms with Crippen LogP contribution in [0.4, 0.5) is 0 Å². The van der Waals surface area contributed by atoms with Gasteiger partial charge in [-0.15, -0.1) is 0 Å². The van der Waals surface area contributed by atoms with Crippen molar-refractivity contribution in [1.29, 1.82) is 0 Å². The number of hydrogen-bond donors (Lipinski definition) is 0. The van der Waals surface area contributed by atoms with Gasteiger partial charge in [-0.25, -0.2) is 0 Å². The first-order chi connectivity index (χ1) is 37.0. The summed E-state index contributed by atoms with van der Waals surface area (Å²) in [6.45, 7) is 6.71. The van der Waals surface area contributed by atoms with Crippen molar-refractivity contribution in [3.05, 3.63) is 24.3 Å². The van der Waals surface area contributed by atoms with Gasteiger partial charge in [-0.3, -0.25) is 14.4 Å². The van der Waals surface area contributed by atoms with Crippen molar-refractivity contribution in [2.24, 2.45) is 0 Å². The minimum absolute atomic E-state index is 0.0666. The Hall–Kier alpha value is -2.11. The average molecular weight is 1060 g/mol. The van der Waals surface area contributed by atoms with Gasteiger partial charge in [0.05, 0.1) is 0 Å². The second-order valence-electron chi connectivity index (χ2n) is 23.1. The molecule has 0 aromatic carbocycles. The summed E-state index contributed by atoms with van der Waals surface area (Å²) in [6.07, 6.45) is 77.6. The van der Waals surface area contributed by atoms with Crippen molar-refractivity contribution in [3.8, 4) is 0 Å². The van der Waals surface area contributed by atoms with Crippen molar-refractivity contribution in [2.45, 2.75) is 386 Å². The Bertz CT molecular complexity index is 1210. The van der Waals surface area contributed by atoms with E-state index >= 15 is 0 Å². The lowest BCUT2D eigenvalue weighted by molar-refractivity contribution is -0.167. The maximum absolute atomic E-state index is 12.9. The van der Waals surface area contributed by atoms with Crippen LogP contribution in [0, 0.1) is 0 Å². The Kier molecular flexibility index (Phi) is 62.6. The molecule has 0 bridgehead atoms. The minimum Gasteiger partial charge on any atom is -0.462 e. The van der Waals surface area contributed by atoms with Crippen LogP contribution in [0.1, 0.15) is 380 Å². The monoisotopic (exact) mass is 1050 g/mol. The molecule has 75 heavy (non-hydrogen) atoms. The van der Waals surface area contributed by atoms with Gasteiger partial charge in [0, 0.05) is 19.3 Å². The van der Waals surface area contributed by atoms with Crippen molar-refractivity contribution >= 4 is 17.9 Å². The zero-order chi connectivity index (χ0) is 54.3. The Morgan fingerprint density at radius 1 is 0.253 bits per heavy atom. The van der Waals surface area contributed by atoms with E-state index in [2.05, 4.69) is 45.1 Å². The number of unbranched alkanes of at least 4 members (excludes halogenated alkanes) is 48. The fourth-order valence-corrected chi connectivity index (χ4v) is 10.3. The summed E-state index contributed by atoms with van der Waals surface area (Å²) in [5.74, 6) is -0.840. The molecule has 0 aromatic heterocycles. The quantitative estimate of drug-likeness (QED) is 0.0261. The van der Waals surface area contributed by atoms with Crippen LogP contribution in [0.2, 0.25) is 0 Å². The fraction of sp³-hybridized carbons (Fsp3) is 0.899. The maximum atomic E-state index is 12.9. The Labute approximate surface area is 468 Å². The second kappa shape index (κ2) is 64.4. The third-order valence-electron chi connectivity index (χ3n) is 15.4. The molecule has 442 valence electrons. The first-order valence-corrected chi connectivity index (χ1v) is 33.8. The van der Waals surface area contributed by atoms with E-state index in [9.17, 15) is 14.4 Å². The summed E-state index contributed by atoms with van der Waals surface area (Å²) in [5.41, 5.74) is 0. The molecule has 0 N–H and O–H groups in total.